The van der Waals surface area contributed by atoms with Crippen molar-refractivity contribution in [3.8, 4) is 0 Å². The van der Waals surface area contributed by atoms with Crippen molar-refractivity contribution in [3.63, 3.8) is 0 Å². The minimum absolute atomic E-state index is 0.0382. The molecule has 0 atom stereocenters. The first-order valence-electron chi connectivity index (χ1n) is 9.05. The summed E-state index contributed by atoms with van der Waals surface area (Å²) < 4.78 is 0. The third kappa shape index (κ3) is 2.92. The van der Waals surface area contributed by atoms with Crippen molar-refractivity contribution in [1.82, 2.24) is 5.32 Å². The van der Waals surface area contributed by atoms with Gasteiger partial charge in [-0.25, -0.2) is 0 Å². The fourth-order valence-corrected chi connectivity index (χ4v) is 3.88. The molecule has 1 N–H and O–H groups in total. The molecule has 0 radical (unpaired) electrons. The van der Waals surface area contributed by atoms with Gasteiger partial charge in [-0.15, -0.1) is 0 Å². The van der Waals surface area contributed by atoms with Crippen LogP contribution in [0.15, 0.2) is 66.7 Å². The minimum Gasteiger partial charge on any atom is -0.379 e. The summed E-state index contributed by atoms with van der Waals surface area (Å²) >= 11 is 0. The first kappa shape index (κ1) is 16.6. The number of carbonyl (C=O) groups excluding carboxylic acids is 1. The second-order valence-corrected chi connectivity index (χ2v) is 7.74. The lowest BCUT2D eigenvalue weighted by Crippen LogP contribution is -2.43. The van der Waals surface area contributed by atoms with Crippen LogP contribution in [0.5, 0.6) is 0 Å². The van der Waals surface area contributed by atoms with Crippen LogP contribution in [0.4, 0.5) is 0 Å². The number of carbonyl (C=O) groups is 1. The van der Waals surface area contributed by atoms with Crippen LogP contribution in [0, 0.1) is 6.92 Å². The van der Waals surface area contributed by atoms with E-state index in [0.717, 1.165) is 34.0 Å². The molecule has 0 amide bonds. The summed E-state index contributed by atoms with van der Waals surface area (Å²) in [5, 5.41) is 5.69. The molecule has 130 valence electrons. The van der Waals surface area contributed by atoms with Gasteiger partial charge in [-0.3, -0.25) is 4.79 Å². The summed E-state index contributed by atoms with van der Waals surface area (Å²) in [5.41, 5.74) is 5.18. The van der Waals surface area contributed by atoms with Crippen LogP contribution in [0.25, 0.3) is 16.5 Å². The molecule has 0 spiro atoms. The van der Waals surface area contributed by atoms with Crippen LogP contribution >= 0.6 is 0 Å². The van der Waals surface area contributed by atoms with Crippen LogP contribution in [0.1, 0.15) is 40.9 Å². The molecule has 0 aromatic heterocycles. The fraction of sp³-hybridized carbons (Fsp3) is 0.208. The lowest BCUT2D eigenvalue weighted by atomic mass is 9.85. The number of ketones is 1. The Balaban J connectivity index is 1.82. The van der Waals surface area contributed by atoms with E-state index in [2.05, 4.69) is 50.4 Å². The number of nitrogens with one attached hydrogen (secondary N) is 1. The second kappa shape index (κ2) is 6.14. The Labute approximate surface area is 154 Å². The zero-order valence-corrected chi connectivity index (χ0v) is 15.5. The molecule has 4 rings (SSSR count). The van der Waals surface area contributed by atoms with Gasteiger partial charge in [0.15, 0.2) is 5.78 Å². The van der Waals surface area contributed by atoms with E-state index in [1.54, 1.807) is 6.08 Å². The maximum atomic E-state index is 13.1. The summed E-state index contributed by atoms with van der Waals surface area (Å²) in [5.74, 6) is 0.0382. The standard InChI is InChI=1S/C24H23NO/c1-16-12-13-21(20-11-7-6-9-18(16)20)23(26)14-22-19-10-5-4-8-17(19)15-24(2,3)25-22/h4-14,25H,15H2,1-3H3. The van der Waals surface area contributed by atoms with Crippen LogP contribution < -0.4 is 5.32 Å². The Morgan fingerprint density at radius 3 is 2.46 bits per heavy atom. The zero-order chi connectivity index (χ0) is 18.3. The molecule has 2 nitrogen and oxygen atoms in total. The van der Waals surface area contributed by atoms with Gasteiger partial charge in [0.25, 0.3) is 0 Å². The molecule has 26 heavy (non-hydrogen) atoms. The van der Waals surface area contributed by atoms with E-state index >= 15 is 0 Å². The predicted molar refractivity (Wildman–Crippen MR) is 108 cm³/mol. The van der Waals surface area contributed by atoms with Crippen molar-refractivity contribution in [2.45, 2.75) is 32.7 Å². The molecule has 0 saturated carbocycles. The van der Waals surface area contributed by atoms with Gasteiger partial charge < -0.3 is 5.32 Å². The van der Waals surface area contributed by atoms with Crippen molar-refractivity contribution < 1.29 is 4.79 Å². The van der Waals surface area contributed by atoms with Gasteiger partial charge in [-0.2, -0.15) is 0 Å². The number of allylic oxidation sites excluding steroid dienone is 1. The van der Waals surface area contributed by atoms with E-state index in [0.29, 0.717) is 0 Å². The number of aryl methyl sites for hydroxylation is 1. The van der Waals surface area contributed by atoms with Gasteiger partial charge in [0.2, 0.25) is 0 Å². The van der Waals surface area contributed by atoms with E-state index in [4.69, 9.17) is 0 Å². The predicted octanol–water partition coefficient (Wildman–Crippen LogP) is 5.30. The molecule has 1 aliphatic rings. The van der Waals surface area contributed by atoms with E-state index in [1.807, 2.05) is 36.4 Å². The number of benzene rings is 3. The molecule has 1 aliphatic heterocycles. The summed E-state index contributed by atoms with van der Waals surface area (Å²) in [7, 11) is 0. The molecule has 1 heterocycles. The summed E-state index contributed by atoms with van der Waals surface area (Å²) in [6.07, 6.45) is 2.71. The summed E-state index contributed by atoms with van der Waals surface area (Å²) in [6.45, 7) is 6.42. The Kier molecular flexibility index (Phi) is 3.91. The minimum atomic E-state index is -0.0736. The Morgan fingerprint density at radius 1 is 0.962 bits per heavy atom. The Bertz CT molecular complexity index is 1040. The summed E-state index contributed by atoms with van der Waals surface area (Å²) in [6, 6.07) is 20.4. The van der Waals surface area contributed by atoms with E-state index in [-0.39, 0.29) is 11.3 Å². The van der Waals surface area contributed by atoms with Gasteiger partial charge in [0.1, 0.15) is 0 Å². The third-order valence-corrected chi connectivity index (χ3v) is 5.10. The normalized spacial score (nSPS) is 17.0. The summed E-state index contributed by atoms with van der Waals surface area (Å²) in [4.78, 5) is 13.1. The van der Waals surface area contributed by atoms with Crippen LogP contribution in [-0.2, 0) is 6.42 Å². The number of hydrogen-bond donors (Lipinski definition) is 1. The molecule has 0 aliphatic carbocycles. The highest BCUT2D eigenvalue weighted by Crippen LogP contribution is 2.30. The number of rotatable bonds is 2. The molecule has 0 saturated heterocycles. The number of fused-ring (bicyclic) bond motifs is 2. The topological polar surface area (TPSA) is 29.1 Å². The first-order chi connectivity index (χ1) is 12.4. The van der Waals surface area contributed by atoms with Crippen LogP contribution in [-0.4, -0.2) is 11.3 Å². The lowest BCUT2D eigenvalue weighted by Gasteiger charge is -2.35. The van der Waals surface area contributed by atoms with E-state index < -0.39 is 0 Å². The smallest absolute Gasteiger partial charge is 0.188 e. The van der Waals surface area contributed by atoms with Gasteiger partial charge >= 0.3 is 0 Å². The highest BCUT2D eigenvalue weighted by Gasteiger charge is 2.27. The lowest BCUT2D eigenvalue weighted by molar-refractivity contribution is 0.104. The maximum Gasteiger partial charge on any atom is 0.188 e. The quantitative estimate of drug-likeness (QED) is 0.506. The van der Waals surface area contributed by atoms with Gasteiger partial charge in [-0.05, 0) is 49.1 Å². The molecule has 0 bridgehead atoms. The first-order valence-corrected chi connectivity index (χ1v) is 9.05. The average Bonchev–Trinajstić information content (AvgIpc) is 2.61. The van der Waals surface area contributed by atoms with Crippen molar-refractivity contribution in [2.24, 2.45) is 0 Å². The molecular weight excluding hydrogens is 318 g/mol. The van der Waals surface area contributed by atoms with E-state index in [9.17, 15) is 4.79 Å². The largest absolute Gasteiger partial charge is 0.379 e. The zero-order valence-electron chi connectivity index (χ0n) is 15.5. The Hall–Kier alpha value is -2.87. The van der Waals surface area contributed by atoms with Crippen molar-refractivity contribution in [2.75, 3.05) is 0 Å². The number of hydrogen-bond acceptors (Lipinski definition) is 2. The highest BCUT2D eigenvalue weighted by atomic mass is 16.1. The van der Waals surface area contributed by atoms with Gasteiger partial charge in [-0.1, -0.05) is 60.7 Å². The molecule has 0 unspecified atom stereocenters. The molecule has 3 aromatic carbocycles. The molecule has 3 aromatic rings. The maximum absolute atomic E-state index is 13.1. The van der Waals surface area contributed by atoms with Crippen molar-refractivity contribution >= 4 is 22.3 Å². The molecule has 2 heteroatoms. The van der Waals surface area contributed by atoms with Crippen LogP contribution in [0.2, 0.25) is 0 Å². The SMILES string of the molecule is Cc1ccc(C(=O)C=C2NC(C)(C)Cc3ccccc32)c2ccccc12. The highest BCUT2D eigenvalue weighted by molar-refractivity contribution is 6.16. The second-order valence-electron chi connectivity index (χ2n) is 7.74. The van der Waals surface area contributed by atoms with Crippen molar-refractivity contribution in [1.29, 1.82) is 0 Å². The van der Waals surface area contributed by atoms with Gasteiger partial charge in [0.05, 0.1) is 0 Å². The average molecular weight is 341 g/mol. The molecule has 0 fully saturated rings. The monoisotopic (exact) mass is 341 g/mol. The molecular formula is C24H23NO. The van der Waals surface area contributed by atoms with E-state index in [1.165, 1.54) is 11.1 Å². The van der Waals surface area contributed by atoms with Crippen LogP contribution in [0.3, 0.4) is 0 Å². The third-order valence-electron chi connectivity index (χ3n) is 5.10. The fourth-order valence-electron chi connectivity index (χ4n) is 3.88. The van der Waals surface area contributed by atoms with Gasteiger partial charge in [0, 0.05) is 28.4 Å². The van der Waals surface area contributed by atoms with Crippen molar-refractivity contribution in [3.05, 3.63) is 89.0 Å². The Morgan fingerprint density at radius 2 is 1.65 bits per heavy atom.